The number of rotatable bonds is 7. The molecule has 0 radical (unpaired) electrons. The van der Waals surface area contributed by atoms with Gasteiger partial charge in [-0.15, -0.1) is 0 Å². The molecule has 280 valence electrons. The van der Waals surface area contributed by atoms with E-state index in [1.165, 1.54) is 23.5 Å². The fraction of sp³-hybridized carbons (Fsp3) is 0.410. The highest BCUT2D eigenvalue weighted by molar-refractivity contribution is 7.91. The summed E-state index contributed by atoms with van der Waals surface area (Å²) in [5.74, 6) is -2.50. The van der Waals surface area contributed by atoms with Crippen molar-refractivity contribution in [1.82, 2.24) is 35.2 Å². The van der Waals surface area contributed by atoms with E-state index in [-0.39, 0.29) is 25.1 Å². The van der Waals surface area contributed by atoms with E-state index in [1.807, 2.05) is 60.7 Å². The lowest BCUT2D eigenvalue weighted by atomic mass is 10.0. The number of hydrogen-bond donors (Lipinski definition) is 3. The first-order chi connectivity index (χ1) is 26.1. The molecule has 0 bridgehead atoms. The molecule has 15 heteroatoms. The second-order valence-corrected chi connectivity index (χ2v) is 16.6. The highest BCUT2D eigenvalue weighted by Gasteiger charge is 2.62. The molecule has 4 aliphatic rings. The molecule has 2 saturated carbocycles. The van der Waals surface area contributed by atoms with Gasteiger partial charge in [0.05, 0.1) is 17.3 Å². The van der Waals surface area contributed by atoms with Crippen molar-refractivity contribution in [1.29, 1.82) is 0 Å². The van der Waals surface area contributed by atoms with Crippen LogP contribution in [0.15, 0.2) is 79.3 Å². The Hall–Kier alpha value is -5.44. The molecule has 3 N–H and O–H groups in total. The standard InChI is InChI=1S/C39H41N7O7S/c47-34(31-18-19-40-23-41-31)42-32-15-5-3-1-2-4-10-24-21-39(24,38(50)45-54(51,52)26-16-17-26)44-35(48)33-20-25(22-46(33)37(32)49)53-36-29-13-7-6-11-27(29)28-12-8-9-14-30(28)43-36/h4,6-14,18-19,23-26,32-33H,1-3,5,15-17,20-22H2,(H,42,47)(H,44,48)(H,45,50)/b10-4-/t24-,25-,32+,33+,39-/m1/s1. The highest BCUT2D eigenvalue weighted by atomic mass is 32.2. The Morgan fingerprint density at radius 2 is 1.72 bits per heavy atom. The number of allylic oxidation sites excluding steroid dienone is 1. The average molecular weight is 752 g/mol. The maximum atomic E-state index is 14.6. The van der Waals surface area contributed by atoms with E-state index in [9.17, 15) is 27.6 Å². The lowest BCUT2D eigenvalue weighted by Crippen LogP contribution is -2.58. The monoisotopic (exact) mass is 751 g/mol. The number of nitrogens with one attached hydrogen (secondary N) is 3. The first-order valence-corrected chi connectivity index (χ1v) is 20.0. The lowest BCUT2D eigenvalue weighted by molar-refractivity contribution is -0.141. The van der Waals surface area contributed by atoms with E-state index in [2.05, 4.69) is 25.3 Å². The van der Waals surface area contributed by atoms with Gasteiger partial charge >= 0.3 is 0 Å². The summed E-state index contributed by atoms with van der Waals surface area (Å²) in [6, 6.07) is 14.8. The van der Waals surface area contributed by atoms with Crippen LogP contribution in [0, 0.1) is 5.92 Å². The molecular weight excluding hydrogens is 711 g/mol. The summed E-state index contributed by atoms with van der Waals surface area (Å²) in [7, 11) is -3.89. The number of aromatic nitrogens is 3. The number of carbonyl (C=O) groups is 4. The molecule has 8 rings (SSSR count). The van der Waals surface area contributed by atoms with Crippen molar-refractivity contribution in [2.24, 2.45) is 5.92 Å². The number of para-hydroxylation sites is 1. The fourth-order valence-corrected chi connectivity index (χ4v) is 8.99. The van der Waals surface area contributed by atoms with Gasteiger partial charge in [0.2, 0.25) is 27.7 Å². The smallest absolute Gasteiger partial charge is 0.270 e. The topological polar surface area (TPSA) is 190 Å². The van der Waals surface area contributed by atoms with E-state index in [0.29, 0.717) is 38.0 Å². The molecule has 14 nitrogen and oxygen atoms in total. The van der Waals surface area contributed by atoms with Crippen LogP contribution in [0.3, 0.4) is 0 Å². The predicted octanol–water partition coefficient (Wildman–Crippen LogP) is 3.33. The van der Waals surface area contributed by atoms with Crippen molar-refractivity contribution in [2.75, 3.05) is 6.54 Å². The van der Waals surface area contributed by atoms with E-state index in [1.54, 1.807) is 0 Å². The molecule has 4 heterocycles. The minimum Gasteiger partial charge on any atom is -0.472 e. The Morgan fingerprint density at radius 1 is 0.944 bits per heavy atom. The molecule has 2 aromatic carbocycles. The van der Waals surface area contributed by atoms with Gasteiger partial charge in [0, 0.05) is 29.3 Å². The third-order valence-electron chi connectivity index (χ3n) is 10.8. The third kappa shape index (κ3) is 7.11. The van der Waals surface area contributed by atoms with Gasteiger partial charge in [0.1, 0.15) is 35.7 Å². The maximum absolute atomic E-state index is 14.6. The van der Waals surface area contributed by atoms with Crippen molar-refractivity contribution in [2.45, 2.75) is 86.8 Å². The Bertz CT molecular complexity index is 2270. The molecule has 4 amide bonds. The van der Waals surface area contributed by atoms with Gasteiger partial charge in [-0.05, 0) is 62.1 Å². The van der Waals surface area contributed by atoms with Crippen LogP contribution in [0.1, 0.15) is 68.3 Å². The molecule has 3 fully saturated rings. The Kier molecular flexibility index (Phi) is 9.50. The van der Waals surface area contributed by atoms with E-state index >= 15 is 0 Å². The SMILES string of the molecule is O=C(N[C@H]1CCCCC/C=C\[C@@H]2C[C@@]2(C(=O)NS(=O)(=O)C2CC2)NC(=O)[C@@H]2C[C@@H](Oc3nc4ccccc4c4ccccc34)CN2C1=O)c1ccncn1. The van der Waals surface area contributed by atoms with E-state index in [0.717, 1.165) is 34.5 Å². The quantitative estimate of drug-likeness (QED) is 0.187. The van der Waals surface area contributed by atoms with Crippen molar-refractivity contribution in [3.05, 3.63) is 85.0 Å². The number of amides is 4. The lowest BCUT2D eigenvalue weighted by Gasteiger charge is -2.29. The van der Waals surface area contributed by atoms with Gasteiger partial charge in [0.25, 0.3) is 11.8 Å². The van der Waals surface area contributed by atoms with Gasteiger partial charge < -0.3 is 20.3 Å². The average Bonchev–Trinajstić information content (AvgIpc) is 4.11. The summed E-state index contributed by atoms with van der Waals surface area (Å²) in [6.07, 6.45) is 10.2. The van der Waals surface area contributed by atoms with Crippen LogP contribution >= 0.6 is 0 Å². The van der Waals surface area contributed by atoms with Crippen LogP contribution < -0.4 is 20.1 Å². The van der Waals surface area contributed by atoms with E-state index in [4.69, 9.17) is 9.72 Å². The first kappa shape index (κ1) is 35.6. The number of benzene rings is 2. The van der Waals surface area contributed by atoms with Gasteiger partial charge in [0.15, 0.2) is 0 Å². The third-order valence-corrected chi connectivity index (χ3v) is 12.6. The zero-order valence-corrected chi connectivity index (χ0v) is 30.3. The zero-order valence-electron chi connectivity index (χ0n) is 29.5. The van der Waals surface area contributed by atoms with Crippen molar-refractivity contribution < 1.29 is 32.3 Å². The Labute approximate surface area is 312 Å². The molecule has 54 heavy (non-hydrogen) atoms. The molecule has 1 saturated heterocycles. The van der Waals surface area contributed by atoms with Crippen molar-refractivity contribution in [3.8, 4) is 5.88 Å². The number of nitrogens with zero attached hydrogens (tertiary/aromatic N) is 4. The van der Waals surface area contributed by atoms with Gasteiger partial charge in [-0.2, -0.15) is 0 Å². The van der Waals surface area contributed by atoms with Crippen molar-refractivity contribution >= 4 is 55.3 Å². The van der Waals surface area contributed by atoms with Crippen LogP contribution in [-0.4, -0.2) is 87.4 Å². The maximum Gasteiger partial charge on any atom is 0.270 e. The number of hydrogen-bond acceptors (Lipinski definition) is 10. The molecule has 2 aromatic heterocycles. The predicted molar refractivity (Wildman–Crippen MR) is 198 cm³/mol. The summed E-state index contributed by atoms with van der Waals surface area (Å²) < 4.78 is 34.5. The Morgan fingerprint density at radius 3 is 2.50 bits per heavy atom. The molecular formula is C39H41N7O7S. The summed E-state index contributed by atoms with van der Waals surface area (Å²) in [4.78, 5) is 70.2. The number of sulfonamides is 1. The van der Waals surface area contributed by atoms with Crippen molar-refractivity contribution in [3.63, 3.8) is 0 Å². The largest absolute Gasteiger partial charge is 0.472 e. The molecule has 5 atom stereocenters. The second-order valence-electron chi connectivity index (χ2n) is 14.6. The molecule has 2 aliphatic carbocycles. The molecule has 2 aliphatic heterocycles. The molecule has 0 spiro atoms. The first-order valence-electron chi connectivity index (χ1n) is 18.5. The number of ether oxygens (including phenoxy) is 1. The minimum absolute atomic E-state index is 0.00177. The number of fused-ring (bicyclic) bond motifs is 5. The zero-order chi connectivity index (χ0) is 37.5. The van der Waals surface area contributed by atoms with E-state index < -0.39 is 68.5 Å². The normalized spacial score (nSPS) is 26.8. The highest BCUT2D eigenvalue weighted by Crippen LogP contribution is 2.46. The minimum atomic E-state index is -3.89. The second kappa shape index (κ2) is 14.4. The van der Waals surface area contributed by atoms with Gasteiger partial charge in [-0.25, -0.2) is 23.4 Å². The fourth-order valence-electron chi connectivity index (χ4n) is 7.63. The van der Waals surface area contributed by atoms with Crippen LogP contribution in [0.25, 0.3) is 21.7 Å². The molecule has 0 unspecified atom stereocenters. The summed E-state index contributed by atoms with van der Waals surface area (Å²) in [5, 5.41) is 7.78. The van der Waals surface area contributed by atoms with Crippen LogP contribution in [0.5, 0.6) is 5.88 Å². The summed E-state index contributed by atoms with van der Waals surface area (Å²) in [6.45, 7) is -0.00177. The van der Waals surface area contributed by atoms with Crippen LogP contribution in [0.4, 0.5) is 0 Å². The molecule has 4 aromatic rings. The summed E-state index contributed by atoms with van der Waals surface area (Å²) >= 11 is 0. The van der Waals surface area contributed by atoms with Gasteiger partial charge in [-0.3, -0.25) is 23.9 Å². The number of pyridine rings is 1. The Balaban J connectivity index is 1.12. The van der Waals surface area contributed by atoms with Gasteiger partial charge in [-0.1, -0.05) is 61.4 Å². The van der Waals surface area contributed by atoms with Crippen LogP contribution in [-0.2, 0) is 24.4 Å². The van der Waals surface area contributed by atoms with Crippen LogP contribution in [0.2, 0.25) is 0 Å². The number of carbonyl (C=O) groups excluding carboxylic acids is 4. The summed E-state index contributed by atoms with van der Waals surface area (Å²) in [5.41, 5.74) is -0.679.